The third kappa shape index (κ3) is 2.09. The maximum atomic E-state index is 13.4. The maximum Gasteiger partial charge on any atom is 0.350 e. The van der Waals surface area contributed by atoms with E-state index in [9.17, 15) is 12.3 Å². The van der Waals surface area contributed by atoms with E-state index < -0.39 is 10.2 Å². The van der Waals surface area contributed by atoms with Crippen molar-refractivity contribution in [2.75, 3.05) is 0 Å². The summed E-state index contributed by atoms with van der Waals surface area (Å²) in [7, 11) is -4.73. The molecule has 7 heteroatoms. The van der Waals surface area contributed by atoms with E-state index in [2.05, 4.69) is 4.98 Å². The fourth-order valence-corrected chi connectivity index (χ4v) is 3.72. The molecule has 0 aromatic carbocycles. The molecular formula is C10H13FN2O2S2. The van der Waals surface area contributed by atoms with Crippen LogP contribution >= 0.6 is 11.3 Å². The molecule has 0 fully saturated rings. The molecule has 0 aliphatic heterocycles. The van der Waals surface area contributed by atoms with Crippen LogP contribution in [0.3, 0.4) is 0 Å². The number of hydrogen-bond acceptors (Lipinski definition) is 4. The monoisotopic (exact) mass is 276 g/mol. The molecule has 2 aromatic rings. The average Bonchev–Trinajstić information content (AvgIpc) is 2.74. The maximum absolute atomic E-state index is 13.4. The second kappa shape index (κ2) is 4.38. The van der Waals surface area contributed by atoms with Crippen molar-refractivity contribution in [3.05, 3.63) is 16.8 Å². The van der Waals surface area contributed by atoms with Gasteiger partial charge in [-0.05, 0) is 12.8 Å². The number of aromatic nitrogens is 2. The molecule has 94 valence electrons. The number of fused-ring (bicyclic) bond motifs is 1. The zero-order valence-electron chi connectivity index (χ0n) is 9.60. The van der Waals surface area contributed by atoms with E-state index in [1.807, 2.05) is 19.2 Å². The standard InChI is InChI=1S/C10H13FN2O2S2/c1-3-5-8-9(17(11,14)15)13-7(4-2)6-16-10(13)12-8/h6H,3-5H2,1-2H3. The Hall–Kier alpha value is -0.950. The van der Waals surface area contributed by atoms with Crippen LogP contribution in [0.25, 0.3) is 4.96 Å². The molecule has 0 aliphatic carbocycles. The Morgan fingerprint density at radius 3 is 2.71 bits per heavy atom. The lowest BCUT2D eigenvalue weighted by atomic mass is 10.3. The molecule has 0 aliphatic rings. The summed E-state index contributed by atoms with van der Waals surface area (Å²) in [5, 5.41) is 1.53. The first-order chi connectivity index (χ1) is 7.99. The summed E-state index contributed by atoms with van der Waals surface area (Å²) in [6, 6.07) is 0. The van der Waals surface area contributed by atoms with Crippen LogP contribution in [0.4, 0.5) is 3.89 Å². The molecule has 0 radical (unpaired) electrons. The van der Waals surface area contributed by atoms with Crippen molar-refractivity contribution in [3.63, 3.8) is 0 Å². The Morgan fingerprint density at radius 1 is 1.47 bits per heavy atom. The van der Waals surface area contributed by atoms with Gasteiger partial charge in [-0.1, -0.05) is 24.2 Å². The van der Waals surface area contributed by atoms with Crippen molar-refractivity contribution in [2.24, 2.45) is 0 Å². The molecule has 0 spiro atoms. The van der Waals surface area contributed by atoms with Gasteiger partial charge >= 0.3 is 10.2 Å². The van der Waals surface area contributed by atoms with Gasteiger partial charge in [0.1, 0.15) is 0 Å². The van der Waals surface area contributed by atoms with Crippen LogP contribution in [-0.4, -0.2) is 17.8 Å². The Labute approximate surface area is 103 Å². The topological polar surface area (TPSA) is 51.4 Å². The zero-order valence-corrected chi connectivity index (χ0v) is 11.2. The van der Waals surface area contributed by atoms with Crippen LogP contribution in [0.5, 0.6) is 0 Å². The summed E-state index contributed by atoms with van der Waals surface area (Å²) < 4.78 is 37.3. The van der Waals surface area contributed by atoms with Crippen molar-refractivity contribution in [3.8, 4) is 0 Å². The highest BCUT2D eigenvalue weighted by Gasteiger charge is 2.26. The van der Waals surface area contributed by atoms with Gasteiger partial charge in [-0.15, -0.1) is 11.3 Å². The second-order valence-electron chi connectivity index (χ2n) is 3.75. The van der Waals surface area contributed by atoms with Crippen molar-refractivity contribution in [1.29, 1.82) is 0 Å². The number of rotatable bonds is 4. The molecule has 0 unspecified atom stereocenters. The first kappa shape index (κ1) is 12.5. The van der Waals surface area contributed by atoms with Crippen molar-refractivity contribution in [1.82, 2.24) is 9.38 Å². The van der Waals surface area contributed by atoms with E-state index in [1.165, 1.54) is 15.7 Å². The molecule has 0 saturated heterocycles. The van der Waals surface area contributed by atoms with Crippen molar-refractivity contribution >= 4 is 26.5 Å². The van der Waals surface area contributed by atoms with Gasteiger partial charge in [0.25, 0.3) is 0 Å². The molecule has 0 N–H and O–H groups in total. The molecule has 4 nitrogen and oxygen atoms in total. The van der Waals surface area contributed by atoms with Gasteiger partial charge in [0.2, 0.25) is 0 Å². The number of hydrogen-bond donors (Lipinski definition) is 0. The highest BCUT2D eigenvalue weighted by atomic mass is 32.3. The molecule has 0 amide bonds. The van der Waals surface area contributed by atoms with Gasteiger partial charge < -0.3 is 0 Å². The first-order valence-electron chi connectivity index (χ1n) is 5.41. The largest absolute Gasteiger partial charge is 0.350 e. The summed E-state index contributed by atoms with van der Waals surface area (Å²) >= 11 is 1.34. The first-order valence-corrected chi connectivity index (χ1v) is 7.67. The van der Waals surface area contributed by atoms with Gasteiger partial charge in [-0.25, -0.2) is 4.98 Å². The Balaban J connectivity index is 2.80. The average molecular weight is 276 g/mol. The van der Waals surface area contributed by atoms with Gasteiger partial charge in [0, 0.05) is 11.1 Å². The van der Waals surface area contributed by atoms with Crippen LogP contribution < -0.4 is 0 Å². The Bertz CT molecular complexity index is 643. The molecular weight excluding hydrogens is 263 g/mol. The predicted molar refractivity (Wildman–Crippen MR) is 64.7 cm³/mol. The number of imidazole rings is 1. The van der Waals surface area contributed by atoms with Crippen LogP contribution in [0.1, 0.15) is 31.7 Å². The van der Waals surface area contributed by atoms with E-state index in [0.717, 1.165) is 12.1 Å². The summed E-state index contributed by atoms with van der Waals surface area (Å²) in [6.45, 7) is 3.80. The van der Waals surface area contributed by atoms with E-state index in [-0.39, 0.29) is 5.03 Å². The summed E-state index contributed by atoms with van der Waals surface area (Å²) in [5.74, 6) is 0. The van der Waals surface area contributed by atoms with Gasteiger partial charge in [0.05, 0.1) is 5.69 Å². The van der Waals surface area contributed by atoms with E-state index in [1.54, 1.807) is 0 Å². The van der Waals surface area contributed by atoms with E-state index in [4.69, 9.17) is 0 Å². The van der Waals surface area contributed by atoms with E-state index in [0.29, 0.717) is 23.5 Å². The highest BCUT2D eigenvalue weighted by molar-refractivity contribution is 7.86. The molecule has 0 saturated carbocycles. The zero-order chi connectivity index (χ0) is 12.6. The fraction of sp³-hybridized carbons (Fsp3) is 0.500. The third-order valence-electron chi connectivity index (χ3n) is 2.54. The minimum absolute atomic E-state index is 0.285. The molecule has 2 aromatic heterocycles. The number of nitrogens with zero attached hydrogens (tertiary/aromatic N) is 2. The second-order valence-corrected chi connectivity index (χ2v) is 5.85. The molecule has 0 bridgehead atoms. The lowest BCUT2D eigenvalue weighted by Gasteiger charge is -2.00. The van der Waals surface area contributed by atoms with Crippen molar-refractivity contribution < 1.29 is 12.3 Å². The van der Waals surface area contributed by atoms with Crippen LogP contribution in [0.15, 0.2) is 10.4 Å². The molecule has 2 heterocycles. The molecule has 17 heavy (non-hydrogen) atoms. The van der Waals surface area contributed by atoms with Gasteiger partial charge in [0.15, 0.2) is 9.99 Å². The van der Waals surface area contributed by atoms with Crippen LogP contribution in [-0.2, 0) is 23.1 Å². The summed E-state index contributed by atoms with van der Waals surface area (Å²) in [5.41, 5.74) is 1.10. The number of thiazole rings is 1. The summed E-state index contributed by atoms with van der Waals surface area (Å²) in [6.07, 6.45) is 1.84. The molecule has 2 rings (SSSR count). The van der Waals surface area contributed by atoms with Crippen molar-refractivity contribution in [2.45, 2.75) is 38.1 Å². The fourth-order valence-electron chi connectivity index (χ4n) is 1.83. The van der Waals surface area contributed by atoms with E-state index >= 15 is 0 Å². The lowest BCUT2D eigenvalue weighted by Crippen LogP contribution is -2.03. The number of halogens is 1. The van der Waals surface area contributed by atoms with Gasteiger partial charge in [-0.3, -0.25) is 4.40 Å². The highest BCUT2D eigenvalue weighted by Crippen LogP contribution is 2.27. The minimum Gasteiger partial charge on any atom is -0.276 e. The Morgan fingerprint density at radius 2 is 2.18 bits per heavy atom. The molecule has 0 atom stereocenters. The SMILES string of the molecule is CCCc1nc2scc(CC)n2c1S(=O)(=O)F. The minimum atomic E-state index is -4.73. The van der Waals surface area contributed by atoms with Crippen LogP contribution in [0.2, 0.25) is 0 Å². The Kier molecular flexibility index (Phi) is 3.22. The predicted octanol–water partition coefficient (Wildman–Crippen LogP) is 2.57. The smallest absolute Gasteiger partial charge is 0.276 e. The lowest BCUT2D eigenvalue weighted by molar-refractivity contribution is 0.543. The number of aryl methyl sites for hydroxylation is 2. The third-order valence-corrected chi connectivity index (χ3v) is 4.29. The van der Waals surface area contributed by atoms with Gasteiger partial charge in [-0.2, -0.15) is 8.42 Å². The summed E-state index contributed by atoms with van der Waals surface area (Å²) in [4.78, 5) is 4.74. The normalized spacial score (nSPS) is 12.4. The quantitative estimate of drug-likeness (QED) is 0.806. The van der Waals surface area contributed by atoms with Crippen LogP contribution in [0, 0.1) is 0 Å².